The van der Waals surface area contributed by atoms with Crippen LogP contribution in [0.25, 0.3) is 5.57 Å². The Balaban J connectivity index is 1.44. The molecule has 2 aliphatic rings. The van der Waals surface area contributed by atoms with Crippen molar-refractivity contribution in [2.24, 2.45) is 10.7 Å². The lowest BCUT2D eigenvalue weighted by molar-refractivity contribution is 0.312. The number of likely N-dealkylation sites (N-methyl/N-ethyl adjacent to an activating group) is 1. The summed E-state index contributed by atoms with van der Waals surface area (Å²) in [5.74, 6) is 1.34. The van der Waals surface area contributed by atoms with Crippen LogP contribution in [-0.4, -0.2) is 68.0 Å². The van der Waals surface area contributed by atoms with Crippen molar-refractivity contribution in [3.63, 3.8) is 0 Å². The molecule has 198 valence electrons. The Morgan fingerprint density at radius 2 is 1.84 bits per heavy atom. The molecule has 38 heavy (non-hydrogen) atoms. The van der Waals surface area contributed by atoms with Gasteiger partial charge in [-0.05, 0) is 43.1 Å². The highest BCUT2D eigenvalue weighted by Gasteiger charge is 2.27. The quantitative estimate of drug-likeness (QED) is 0.452. The van der Waals surface area contributed by atoms with Gasteiger partial charge >= 0.3 is 0 Å². The van der Waals surface area contributed by atoms with E-state index < -0.39 is 0 Å². The standard InChI is InChI=1S/C30H37N7O/c1-20(21-8-6-5-7-9-21)28(32-2)27-24(31)12-10-22-19-33-30(35-29(22)27)34-25-13-11-23(18-26(25)38-4)37-16-14-36(3)15-17-37/h5-9,11,13,18-20H,10,12,14-17,31H2,1-4H3,(H,33,34,35)/t20-/m1/s1. The van der Waals surface area contributed by atoms with Crippen LogP contribution in [0.4, 0.5) is 17.3 Å². The minimum absolute atomic E-state index is 0.0780. The van der Waals surface area contributed by atoms with E-state index in [4.69, 9.17) is 20.4 Å². The maximum absolute atomic E-state index is 6.62. The van der Waals surface area contributed by atoms with E-state index in [1.165, 1.54) is 5.56 Å². The number of benzene rings is 2. The van der Waals surface area contributed by atoms with Gasteiger partial charge < -0.3 is 25.6 Å². The lowest BCUT2D eigenvalue weighted by Gasteiger charge is -2.34. The molecule has 0 spiro atoms. The monoisotopic (exact) mass is 511 g/mol. The zero-order chi connectivity index (χ0) is 26.6. The number of rotatable bonds is 7. The smallest absolute Gasteiger partial charge is 0.227 e. The highest BCUT2D eigenvalue weighted by molar-refractivity contribution is 6.27. The third-order valence-corrected chi connectivity index (χ3v) is 7.59. The number of aromatic nitrogens is 2. The van der Waals surface area contributed by atoms with Gasteiger partial charge in [0.15, 0.2) is 0 Å². The lowest BCUT2D eigenvalue weighted by Crippen LogP contribution is -2.44. The van der Waals surface area contributed by atoms with Crippen LogP contribution in [0.2, 0.25) is 0 Å². The van der Waals surface area contributed by atoms with Crippen LogP contribution in [0.1, 0.15) is 36.1 Å². The average molecular weight is 512 g/mol. The molecule has 8 nitrogen and oxygen atoms in total. The fourth-order valence-corrected chi connectivity index (χ4v) is 5.29. The number of fused-ring (bicyclic) bond motifs is 1. The predicted octanol–water partition coefficient (Wildman–Crippen LogP) is 4.47. The second-order valence-electron chi connectivity index (χ2n) is 10.0. The zero-order valence-electron chi connectivity index (χ0n) is 22.7. The number of aryl methyl sites for hydroxylation is 1. The lowest BCUT2D eigenvalue weighted by atomic mass is 9.84. The number of piperazine rings is 1. The fourth-order valence-electron chi connectivity index (χ4n) is 5.29. The van der Waals surface area contributed by atoms with Crippen molar-refractivity contribution in [1.82, 2.24) is 14.9 Å². The summed E-state index contributed by atoms with van der Waals surface area (Å²) in [5.41, 5.74) is 14.4. The molecular formula is C30H37N7O. The van der Waals surface area contributed by atoms with Crippen LogP contribution in [0.15, 0.2) is 65.4 Å². The first-order valence-electron chi connectivity index (χ1n) is 13.2. The normalized spacial score (nSPS) is 17.3. The van der Waals surface area contributed by atoms with Crippen molar-refractivity contribution >= 4 is 28.6 Å². The zero-order valence-corrected chi connectivity index (χ0v) is 22.7. The number of aliphatic imine (C=N–C) groups is 1. The van der Waals surface area contributed by atoms with Crippen LogP contribution in [0.3, 0.4) is 0 Å². The van der Waals surface area contributed by atoms with Crippen molar-refractivity contribution in [2.45, 2.75) is 25.7 Å². The summed E-state index contributed by atoms with van der Waals surface area (Å²) in [6, 6.07) is 16.6. The molecule has 3 aromatic rings. The van der Waals surface area contributed by atoms with Crippen molar-refractivity contribution in [3.05, 3.63) is 77.2 Å². The second-order valence-corrected chi connectivity index (χ2v) is 10.0. The van der Waals surface area contributed by atoms with Gasteiger partial charge in [-0.15, -0.1) is 0 Å². The van der Waals surface area contributed by atoms with Gasteiger partial charge in [-0.25, -0.2) is 9.97 Å². The summed E-state index contributed by atoms with van der Waals surface area (Å²) in [5, 5.41) is 3.39. The molecule has 1 fully saturated rings. The summed E-state index contributed by atoms with van der Waals surface area (Å²) in [7, 11) is 5.68. The molecule has 1 atom stereocenters. The topological polar surface area (TPSA) is 91.9 Å². The Labute approximate surface area is 225 Å². The SMILES string of the molecule is CN=C(C1=C(N)CCc2cnc(Nc3ccc(N4CCN(C)CC4)cc3OC)nc21)[C@H](C)c1ccccc1. The Morgan fingerprint density at radius 1 is 1.08 bits per heavy atom. The first-order valence-corrected chi connectivity index (χ1v) is 13.2. The molecule has 1 aromatic heterocycles. The summed E-state index contributed by atoms with van der Waals surface area (Å²) >= 11 is 0. The van der Waals surface area contributed by atoms with E-state index in [1.807, 2.05) is 25.4 Å². The van der Waals surface area contributed by atoms with Crippen molar-refractivity contribution < 1.29 is 4.74 Å². The van der Waals surface area contributed by atoms with Gasteiger partial charge in [0.1, 0.15) is 5.75 Å². The molecule has 0 bridgehead atoms. The van der Waals surface area contributed by atoms with Gasteiger partial charge in [0, 0.05) is 68.4 Å². The molecule has 1 aliphatic carbocycles. The molecule has 3 N–H and O–H groups in total. The molecule has 0 unspecified atom stereocenters. The second kappa shape index (κ2) is 11.2. The number of ether oxygens (including phenoxy) is 1. The van der Waals surface area contributed by atoms with Gasteiger partial charge in [-0.1, -0.05) is 37.3 Å². The van der Waals surface area contributed by atoms with Crippen LogP contribution < -0.4 is 20.7 Å². The van der Waals surface area contributed by atoms with Gasteiger partial charge in [0.25, 0.3) is 0 Å². The largest absolute Gasteiger partial charge is 0.494 e. The highest BCUT2D eigenvalue weighted by atomic mass is 16.5. The van der Waals surface area contributed by atoms with E-state index in [9.17, 15) is 0 Å². The molecule has 2 aromatic carbocycles. The van der Waals surface area contributed by atoms with E-state index in [0.29, 0.717) is 5.95 Å². The number of nitrogens with zero attached hydrogens (tertiary/aromatic N) is 5. The summed E-state index contributed by atoms with van der Waals surface area (Å²) in [4.78, 5) is 19.0. The van der Waals surface area contributed by atoms with Gasteiger partial charge in [-0.3, -0.25) is 4.99 Å². The van der Waals surface area contributed by atoms with Gasteiger partial charge in [-0.2, -0.15) is 0 Å². The first-order chi connectivity index (χ1) is 18.5. The van der Waals surface area contributed by atoms with E-state index in [2.05, 4.69) is 70.5 Å². The molecule has 8 heteroatoms. The van der Waals surface area contributed by atoms with Crippen molar-refractivity contribution in [2.75, 3.05) is 57.6 Å². The number of hydrogen-bond acceptors (Lipinski definition) is 8. The molecule has 0 amide bonds. The molecule has 0 radical (unpaired) electrons. The Kier molecular flexibility index (Phi) is 7.60. The third kappa shape index (κ3) is 5.22. The number of allylic oxidation sites excluding steroid dienone is 2. The molecule has 5 rings (SSSR count). The summed E-state index contributed by atoms with van der Waals surface area (Å²) in [6.07, 6.45) is 3.48. The molecule has 2 heterocycles. The number of hydrogen-bond donors (Lipinski definition) is 2. The molecular weight excluding hydrogens is 474 g/mol. The van der Waals surface area contributed by atoms with Crippen molar-refractivity contribution in [1.29, 1.82) is 0 Å². The summed E-state index contributed by atoms with van der Waals surface area (Å²) in [6.45, 7) is 6.27. The molecule has 1 aliphatic heterocycles. The maximum atomic E-state index is 6.62. The number of anilines is 3. The van der Waals surface area contributed by atoms with Gasteiger partial charge in [0.05, 0.1) is 24.2 Å². The minimum Gasteiger partial charge on any atom is -0.494 e. The van der Waals surface area contributed by atoms with Crippen LogP contribution in [0.5, 0.6) is 5.75 Å². The molecule has 0 saturated carbocycles. The van der Waals surface area contributed by atoms with Crippen LogP contribution >= 0.6 is 0 Å². The fraction of sp³-hybridized carbons (Fsp3) is 0.367. The van der Waals surface area contributed by atoms with E-state index in [0.717, 1.165) is 84.4 Å². The minimum atomic E-state index is 0.0780. The Morgan fingerprint density at radius 3 is 2.55 bits per heavy atom. The first kappa shape index (κ1) is 25.7. The van der Waals surface area contributed by atoms with E-state index in [1.54, 1.807) is 7.11 Å². The number of nitrogens with one attached hydrogen (secondary N) is 1. The van der Waals surface area contributed by atoms with Gasteiger partial charge in [0.2, 0.25) is 5.95 Å². The summed E-state index contributed by atoms with van der Waals surface area (Å²) < 4.78 is 5.75. The van der Waals surface area contributed by atoms with Crippen LogP contribution in [0, 0.1) is 0 Å². The Hall–Kier alpha value is -3.91. The van der Waals surface area contributed by atoms with Crippen molar-refractivity contribution in [3.8, 4) is 5.75 Å². The average Bonchev–Trinajstić information content (AvgIpc) is 2.95. The molecule has 1 saturated heterocycles. The van der Waals surface area contributed by atoms with E-state index in [-0.39, 0.29) is 5.92 Å². The number of nitrogens with two attached hydrogens (primary N) is 1. The Bertz CT molecular complexity index is 1340. The maximum Gasteiger partial charge on any atom is 0.227 e. The van der Waals surface area contributed by atoms with E-state index >= 15 is 0 Å². The van der Waals surface area contributed by atoms with Crippen LogP contribution in [-0.2, 0) is 6.42 Å². The third-order valence-electron chi connectivity index (χ3n) is 7.59. The number of methoxy groups -OCH3 is 1. The predicted molar refractivity (Wildman–Crippen MR) is 156 cm³/mol. The highest BCUT2D eigenvalue weighted by Crippen LogP contribution is 2.36.